The van der Waals surface area contributed by atoms with Crippen LogP contribution in [0.15, 0.2) is 89.8 Å². The van der Waals surface area contributed by atoms with Gasteiger partial charge in [-0.15, -0.1) is 11.8 Å². The molecule has 0 saturated heterocycles. The molecule has 5 nitrogen and oxygen atoms in total. The summed E-state index contributed by atoms with van der Waals surface area (Å²) in [5.74, 6) is 1.02. The van der Waals surface area contributed by atoms with Crippen molar-refractivity contribution < 1.29 is 4.98 Å². The molecule has 0 radical (unpaired) electrons. The average Bonchev–Trinajstić information content (AvgIpc) is 3.21. The van der Waals surface area contributed by atoms with Gasteiger partial charge in [-0.25, -0.2) is 9.97 Å². The van der Waals surface area contributed by atoms with E-state index in [2.05, 4.69) is 89.0 Å². The van der Waals surface area contributed by atoms with Crippen LogP contribution in [0.1, 0.15) is 0 Å². The van der Waals surface area contributed by atoms with E-state index in [9.17, 15) is 0 Å². The number of nitrogens with one attached hydrogen (secondary N) is 2. The molecule has 138 valence electrons. The molecule has 0 aliphatic rings. The molecule has 0 aliphatic heterocycles. The fourth-order valence-corrected chi connectivity index (χ4v) is 3.36. The number of aromatic nitrogens is 2. The normalized spacial score (nSPS) is 9.89. The second kappa shape index (κ2) is 9.46. The van der Waals surface area contributed by atoms with Crippen molar-refractivity contribution in [1.29, 1.82) is 0 Å². The molecule has 0 amide bonds. The van der Waals surface area contributed by atoms with Crippen LogP contribution >= 0.6 is 11.8 Å². The molecule has 0 unspecified atom stereocenters. The number of thioether (sulfide) groups is 1. The van der Waals surface area contributed by atoms with E-state index in [4.69, 9.17) is 11.1 Å². The van der Waals surface area contributed by atoms with Gasteiger partial charge in [0, 0.05) is 16.0 Å². The molecule has 0 spiro atoms. The molecular weight excluding hydrogens is 366 g/mol. The van der Waals surface area contributed by atoms with Crippen LogP contribution in [-0.2, 0) is 0 Å². The van der Waals surface area contributed by atoms with E-state index in [0.717, 1.165) is 22.8 Å². The van der Waals surface area contributed by atoms with Gasteiger partial charge in [-0.3, -0.25) is 4.91 Å². The molecule has 4 rings (SSSR count). The first-order chi connectivity index (χ1) is 13.8. The number of hydrogen-bond donors (Lipinski definition) is 1. The SMILES string of the molecule is CSc1ccc(-c2[nH]c(-c3ccccc3)c(-c3ccccc3)[nH+]2)cc1.[N-]=[N+]=[N-]. The van der Waals surface area contributed by atoms with Crippen molar-refractivity contribution in [2.45, 2.75) is 4.90 Å². The standard InChI is InChI=1S/C22H18N2S.N3/c1-25-19-14-12-18(13-15-19)22-23-20(16-8-4-2-5-9-16)21(24-22)17-10-6-3-7-11-17;1-3-2/h2-15H,1H3,(H,23,24);/q;-1/p+1. The molecule has 0 atom stereocenters. The highest BCUT2D eigenvalue weighted by atomic mass is 32.2. The van der Waals surface area contributed by atoms with Crippen molar-refractivity contribution >= 4 is 11.8 Å². The molecule has 0 fully saturated rings. The van der Waals surface area contributed by atoms with Crippen molar-refractivity contribution in [3.8, 4) is 33.9 Å². The summed E-state index contributed by atoms with van der Waals surface area (Å²) in [7, 11) is 0. The Morgan fingerprint density at radius 3 is 1.82 bits per heavy atom. The second-order valence-electron chi connectivity index (χ2n) is 5.92. The van der Waals surface area contributed by atoms with Gasteiger partial charge in [0.05, 0.1) is 5.56 Å². The van der Waals surface area contributed by atoms with E-state index in [-0.39, 0.29) is 0 Å². The average molecular weight is 385 g/mol. The van der Waals surface area contributed by atoms with Gasteiger partial charge in [-0.05, 0) is 30.5 Å². The molecule has 28 heavy (non-hydrogen) atoms. The Morgan fingerprint density at radius 2 is 1.29 bits per heavy atom. The highest BCUT2D eigenvalue weighted by Crippen LogP contribution is 2.30. The third-order valence-electron chi connectivity index (χ3n) is 4.25. The second-order valence-corrected chi connectivity index (χ2v) is 6.80. The third-order valence-corrected chi connectivity index (χ3v) is 5.00. The van der Waals surface area contributed by atoms with Gasteiger partial charge in [0.2, 0.25) is 0 Å². The summed E-state index contributed by atoms with van der Waals surface area (Å²) in [4.78, 5) is 9.94. The smallest absolute Gasteiger partial charge is 0.285 e. The number of rotatable bonds is 4. The number of nitrogens with zero attached hydrogens (tertiary/aromatic N) is 3. The largest absolute Gasteiger partial charge is 0.373 e. The Balaban J connectivity index is 0.000000706. The Bertz CT molecular complexity index is 994. The maximum absolute atomic E-state index is 6.75. The number of imidazole rings is 1. The van der Waals surface area contributed by atoms with Crippen LogP contribution in [-0.4, -0.2) is 11.2 Å². The minimum absolute atomic E-state index is 1.02. The first-order valence-electron chi connectivity index (χ1n) is 8.66. The zero-order chi connectivity index (χ0) is 19.8. The van der Waals surface area contributed by atoms with Crippen LogP contribution in [0.5, 0.6) is 0 Å². The molecule has 3 aromatic carbocycles. The maximum Gasteiger partial charge on any atom is 0.285 e. The highest BCUT2D eigenvalue weighted by Gasteiger charge is 2.21. The van der Waals surface area contributed by atoms with Gasteiger partial charge in [0.25, 0.3) is 5.82 Å². The zero-order valence-corrected chi connectivity index (χ0v) is 16.1. The fourth-order valence-electron chi connectivity index (χ4n) is 2.95. The van der Waals surface area contributed by atoms with Crippen LogP contribution in [0, 0.1) is 0 Å². The molecule has 4 aromatic rings. The number of benzene rings is 3. The van der Waals surface area contributed by atoms with Crippen LogP contribution in [0.3, 0.4) is 0 Å². The van der Waals surface area contributed by atoms with Gasteiger partial charge in [-0.1, -0.05) is 60.7 Å². The molecule has 0 saturated carbocycles. The van der Waals surface area contributed by atoms with Crippen LogP contribution in [0.25, 0.3) is 49.9 Å². The Kier molecular flexibility index (Phi) is 6.52. The predicted molar refractivity (Wildman–Crippen MR) is 116 cm³/mol. The fraction of sp³-hybridized carbons (Fsp3) is 0.0455. The topological polar surface area (TPSA) is 88.6 Å². The first kappa shape index (κ1) is 19.3. The summed E-state index contributed by atoms with van der Waals surface area (Å²) in [6.45, 7) is 0. The van der Waals surface area contributed by atoms with Gasteiger partial charge in [0.15, 0.2) is 11.4 Å². The monoisotopic (exact) mass is 385 g/mol. The molecule has 6 heteroatoms. The number of H-pyrrole nitrogens is 2. The van der Waals surface area contributed by atoms with Crippen molar-refractivity contribution in [1.82, 2.24) is 4.98 Å². The molecule has 0 bridgehead atoms. The van der Waals surface area contributed by atoms with Crippen molar-refractivity contribution in [2.24, 2.45) is 0 Å². The van der Waals surface area contributed by atoms with Gasteiger partial charge >= 0.3 is 0 Å². The van der Waals surface area contributed by atoms with Crippen LogP contribution < -0.4 is 4.98 Å². The number of hydrogen-bond acceptors (Lipinski definition) is 1. The van der Waals surface area contributed by atoms with Gasteiger partial charge in [0.1, 0.15) is 0 Å². The van der Waals surface area contributed by atoms with Crippen LogP contribution in [0.4, 0.5) is 0 Å². The third kappa shape index (κ3) is 4.43. The summed E-state index contributed by atoms with van der Waals surface area (Å²) in [5.41, 5.74) is 19.2. The van der Waals surface area contributed by atoms with Crippen molar-refractivity contribution in [2.75, 3.05) is 6.26 Å². The molecule has 1 aromatic heterocycles. The van der Waals surface area contributed by atoms with Crippen molar-refractivity contribution in [3.05, 3.63) is 101 Å². The predicted octanol–water partition coefficient (Wildman–Crippen LogP) is 6.42. The molecule has 2 N–H and O–H groups in total. The number of aromatic amines is 2. The first-order valence-corrected chi connectivity index (χ1v) is 9.88. The quantitative estimate of drug-likeness (QED) is 0.187. The van der Waals surface area contributed by atoms with Crippen LogP contribution in [0.2, 0.25) is 0 Å². The lowest BCUT2D eigenvalue weighted by atomic mass is 10.1. The lowest BCUT2D eigenvalue weighted by Crippen LogP contribution is -2.05. The Labute approximate surface area is 167 Å². The summed E-state index contributed by atoms with van der Waals surface area (Å²) in [6, 6.07) is 29.5. The van der Waals surface area contributed by atoms with Gasteiger partial charge in [-0.2, -0.15) is 0 Å². The Morgan fingerprint density at radius 1 is 0.750 bits per heavy atom. The summed E-state index contributed by atoms with van der Waals surface area (Å²) >= 11 is 1.75. The molecule has 0 aliphatic carbocycles. The van der Waals surface area contributed by atoms with Crippen molar-refractivity contribution in [3.63, 3.8) is 0 Å². The molecular formula is C22H19N5S. The zero-order valence-electron chi connectivity index (χ0n) is 15.3. The maximum atomic E-state index is 6.75. The van der Waals surface area contributed by atoms with E-state index >= 15 is 0 Å². The van der Waals surface area contributed by atoms with E-state index < -0.39 is 0 Å². The summed E-state index contributed by atoms with van der Waals surface area (Å²) < 4.78 is 0. The minimum Gasteiger partial charge on any atom is -0.373 e. The molecule has 1 heterocycles. The highest BCUT2D eigenvalue weighted by molar-refractivity contribution is 7.98. The van der Waals surface area contributed by atoms with E-state index in [1.165, 1.54) is 20.9 Å². The van der Waals surface area contributed by atoms with E-state index in [1.54, 1.807) is 11.8 Å². The Hall–Kier alpha value is -3.47. The lowest BCUT2D eigenvalue weighted by molar-refractivity contribution is -0.349. The summed E-state index contributed by atoms with van der Waals surface area (Å²) in [6.07, 6.45) is 2.09. The van der Waals surface area contributed by atoms with E-state index in [0.29, 0.717) is 0 Å². The van der Waals surface area contributed by atoms with E-state index in [1.807, 2.05) is 12.1 Å². The minimum atomic E-state index is 1.02. The lowest BCUT2D eigenvalue weighted by Gasteiger charge is -1.98. The van der Waals surface area contributed by atoms with Gasteiger partial charge < -0.3 is 11.1 Å². The summed E-state index contributed by atoms with van der Waals surface area (Å²) in [5, 5.41) is 0.